The number of nitrogens with zero attached hydrogens (tertiary/aromatic N) is 1. The van der Waals surface area contributed by atoms with Gasteiger partial charge in [-0.3, -0.25) is 0 Å². The standard InChI is InChI=1S/C62H43N/c1-62(46-26-9-4-10-27-46)58-34-16-15-31-54(58)55-38-36-49(41-59(55)62)63(47-28-17-25-45(39-47)51-33-18-24-42-19-11-12-29-50(42)51)48-35-37-53-52-30-13-14-32-56(52)60(43-20-5-2-6-21-43)61(57(53)40-48)44-22-7-3-8-23-44/h2-41H,1H3. The average molecular weight is 802 g/mol. The quantitative estimate of drug-likeness (QED) is 0.145. The van der Waals surface area contributed by atoms with E-state index in [9.17, 15) is 0 Å². The van der Waals surface area contributed by atoms with Crippen LogP contribution >= 0.6 is 0 Å². The molecule has 11 aromatic rings. The molecule has 0 spiro atoms. The van der Waals surface area contributed by atoms with E-state index in [-0.39, 0.29) is 5.41 Å². The summed E-state index contributed by atoms with van der Waals surface area (Å²) >= 11 is 0. The molecule has 11 aromatic carbocycles. The van der Waals surface area contributed by atoms with Crippen molar-refractivity contribution in [2.75, 3.05) is 4.90 Å². The molecule has 0 heterocycles. The second-order valence-electron chi connectivity index (χ2n) is 16.9. The van der Waals surface area contributed by atoms with E-state index in [0.29, 0.717) is 0 Å². The van der Waals surface area contributed by atoms with Gasteiger partial charge >= 0.3 is 0 Å². The molecule has 0 saturated heterocycles. The molecule has 0 aliphatic heterocycles. The summed E-state index contributed by atoms with van der Waals surface area (Å²) in [5, 5.41) is 7.43. The predicted molar refractivity (Wildman–Crippen MR) is 267 cm³/mol. The van der Waals surface area contributed by atoms with Gasteiger partial charge in [-0.05, 0) is 137 Å². The first-order valence-electron chi connectivity index (χ1n) is 21.9. The highest BCUT2D eigenvalue weighted by Gasteiger charge is 2.41. The van der Waals surface area contributed by atoms with Crippen molar-refractivity contribution in [1.82, 2.24) is 0 Å². The first kappa shape index (κ1) is 36.8. The van der Waals surface area contributed by atoms with Crippen molar-refractivity contribution in [1.29, 1.82) is 0 Å². The molecule has 0 amide bonds. The van der Waals surface area contributed by atoms with Crippen LogP contribution in [-0.4, -0.2) is 0 Å². The van der Waals surface area contributed by atoms with Crippen LogP contribution in [0, 0.1) is 0 Å². The zero-order chi connectivity index (χ0) is 41.9. The Morgan fingerprint density at radius 1 is 0.302 bits per heavy atom. The summed E-state index contributed by atoms with van der Waals surface area (Å²) in [6, 6.07) is 89.5. The first-order valence-corrected chi connectivity index (χ1v) is 21.9. The molecule has 1 heteroatoms. The molecule has 1 atom stereocenters. The van der Waals surface area contributed by atoms with E-state index in [0.717, 1.165) is 17.1 Å². The van der Waals surface area contributed by atoms with Crippen LogP contribution in [-0.2, 0) is 5.41 Å². The number of rotatable bonds is 7. The van der Waals surface area contributed by atoms with Crippen LogP contribution in [0.15, 0.2) is 243 Å². The number of hydrogen-bond acceptors (Lipinski definition) is 1. The van der Waals surface area contributed by atoms with E-state index in [2.05, 4.69) is 254 Å². The van der Waals surface area contributed by atoms with Gasteiger partial charge in [-0.15, -0.1) is 0 Å². The fourth-order valence-corrected chi connectivity index (χ4v) is 10.6. The molecule has 1 nitrogen and oxygen atoms in total. The van der Waals surface area contributed by atoms with Gasteiger partial charge < -0.3 is 4.90 Å². The van der Waals surface area contributed by atoms with Crippen LogP contribution in [0.2, 0.25) is 0 Å². The van der Waals surface area contributed by atoms with E-state index in [1.54, 1.807) is 0 Å². The Bertz CT molecular complexity index is 3510. The molecule has 1 aliphatic carbocycles. The lowest BCUT2D eigenvalue weighted by atomic mass is 9.74. The molecule has 1 unspecified atom stereocenters. The summed E-state index contributed by atoms with van der Waals surface area (Å²) in [7, 11) is 0. The fraction of sp³-hybridized carbons (Fsp3) is 0.0323. The van der Waals surface area contributed by atoms with Gasteiger partial charge in [0.15, 0.2) is 0 Å². The van der Waals surface area contributed by atoms with Gasteiger partial charge in [-0.2, -0.15) is 0 Å². The lowest BCUT2D eigenvalue weighted by Gasteiger charge is -2.31. The maximum atomic E-state index is 2.48. The molecule has 0 saturated carbocycles. The largest absolute Gasteiger partial charge is 0.310 e. The Hall–Kier alpha value is -8.00. The van der Waals surface area contributed by atoms with Gasteiger partial charge in [0.1, 0.15) is 0 Å². The highest BCUT2D eigenvalue weighted by atomic mass is 15.1. The molecular formula is C62H43N. The number of benzene rings is 11. The topological polar surface area (TPSA) is 3.24 Å². The Morgan fingerprint density at radius 2 is 0.810 bits per heavy atom. The Labute approximate surface area is 368 Å². The summed E-state index contributed by atoms with van der Waals surface area (Å²) < 4.78 is 0. The zero-order valence-corrected chi connectivity index (χ0v) is 35.0. The highest BCUT2D eigenvalue weighted by molar-refractivity contribution is 6.22. The van der Waals surface area contributed by atoms with Crippen molar-refractivity contribution in [2.45, 2.75) is 12.3 Å². The van der Waals surface area contributed by atoms with E-state index < -0.39 is 0 Å². The summed E-state index contributed by atoms with van der Waals surface area (Å²) in [5.41, 5.74) is 16.8. The second-order valence-corrected chi connectivity index (χ2v) is 16.9. The van der Waals surface area contributed by atoms with Crippen molar-refractivity contribution in [3.63, 3.8) is 0 Å². The fourth-order valence-electron chi connectivity index (χ4n) is 10.6. The van der Waals surface area contributed by atoms with Crippen molar-refractivity contribution in [2.24, 2.45) is 0 Å². The lowest BCUT2D eigenvalue weighted by molar-refractivity contribution is 0.714. The minimum absolute atomic E-state index is 0.340. The summed E-state index contributed by atoms with van der Waals surface area (Å²) in [6.45, 7) is 2.40. The van der Waals surface area contributed by atoms with Gasteiger partial charge in [0.05, 0.1) is 0 Å². The molecule has 0 fully saturated rings. The minimum Gasteiger partial charge on any atom is -0.310 e. The molecule has 0 bridgehead atoms. The van der Waals surface area contributed by atoms with Crippen LogP contribution in [0.3, 0.4) is 0 Å². The molecule has 0 N–H and O–H groups in total. The van der Waals surface area contributed by atoms with Gasteiger partial charge in [-0.25, -0.2) is 0 Å². The summed E-state index contributed by atoms with van der Waals surface area (Å²) in [4.78, 5) is 2.48. The van der Waals surface area contributed by atoms with Gasteiger partial charge in [0.25, 0.3) is 0 Å². The van der Waals surface area contributed by atoms with E-state index in [4.69, 9.17) is 0 Å². The summed E-state index contributed by atoms with van der Waals surface area (Å²) in [6.07, 6.45) is 0. The van der Waals surface area contributed by atoms with Crippen LogP contribution in [0.25, 0.3) is 76.8 Å². The predicted octanol–water partition coefficient (Wildman–Crippen LogP) is 17.0. The van der Waals surface area contributed by atoms with Crippen LogP contribution in [0.1, 0.15) is 23.6 Å². The highest BCUT2D eigenvalue weighted by Crippen LogP contribution is 2.54. The molecule has 1 aliphatic rings. The minimum atomic E-state index is -0.340. The number of fused-ring (bicyclic) bond motifs is 7. The van der Waals surface area contributed by atoms with Gasteiger partial charge in [-0.1, -0.05) is 206 Å². The van der Waals surface area contributed by atoms with Crippen molar-refractivity contribution in [3.8, 4) is 44.5 Å². The monoisotopic (exact) mass is 801 g/mol. The second kappa shape index (κ2) is 14.9. The first-order chi connectivity index (χ1) is 31.1. The third kappa shape index (κ3) is 5.92. The van der Waals surface area contributed by atoms with E-state index in [1.165, 1.54) is 93.5 Å². The molecule has 296 valence electrons. The Morgan fingerprint density at radius 3 is 1.59 bits per heavy atom. The third-order valence-corrected chi connectivity index (χ3v) is 13.5. The van der Waals surface area contributed by atoms with E-state index in [1.807, 2.05) is 0 Å². The maximum Gasteiger partial charge on any atom is 0.0468 e. The van der Waals surface area contributed by atoms with Crippen molar-refractivity contribution in [3.05, 3.63) is 259 Å². The van der Waals surface area contributed by atoms with Crippen LogP contribution in [0.4, 0.5) is 17.1 Å². The van der Waals surface area contributed by atoms with Crippen molar-refractivity contribution < 1.29 is 0 Å². The van der Waals surface area contributed by atoms with Crippen LogP contribution < -0.4 is 4.90 Å². The Kier molecular flexibility index (Phi) is 8.69. The Balaban J connectivity index is 1.15. The number of anilines is 3. The number of hydrogen-bond donors (Lipinski definition) is 0. The average Bonchev–Trinajstić information content (AvgIpc) is 3.62. The molecule has 63 heavy (non-hydrogen) atoms. The molecule has 0 aromatic heterocycles. The summed E-state index contributed by atoms with van der Waals surface area (Å²) in [5.74, 6) is 0. The third-order valence-electron chi connectivity index (χ3n) is 13.5. The van der Waals surface area contributed by atoms with Crippen molar-refractivity contribution >= 4 is 49.4 Å². The van der Waals surface area contributed by atoms with E-state index >= 15 is 0 Å². The zero-order valence-electron chi connectivity index (χ0n) is 35.0. The smallest absolute Gasteiger partial charge is 0.0468 e. The SMILES string of the molecule is CC1(c2ccccc2)c2ccccc2-c2ccc(N(c3cccc(-c4cccc5ccccc45)c3)c3ccc4c(c3)c(-c3ccccc3)c(-c3ccccc3)c3ccccc34)cc21. The maximum absolute atomic E-state index is 2.48. The molecular weight excluding hydrogens is 759 g/mol. The molecule has 12 rings (SSSR count). The normalized spacial score (nSPS) is 14.2. The van der Waals surface area contributed by atoms with Gasteiger partial charge in [0, 0.05) is 22.5 Å². The van der Waals surface area contributed by atoms with Gasteiger partial charge in [0.2, 0.25) is 0 Å². The molecule has 0 radical (unpaired) electrons. The lowest BCUT2D eigenvalue weighted by Crippen LogP contribution is -2.22. The van der Waals surface area contributed by atoms with Crippen LogP contribution in [0.5, 0.6) is 0 Å².